The maximum Gasteiger partial charge on any atom is 0.434 e. The lowest BCUT2D eigenvalue weighted by Gasteiger charge is -2.25. The molecular weight excluding hydrogens is 321 g/mol. The molecular formula is C13H15F3N2O3S. The van der Waals surface area contributed by atoms with Crippen LogP contribution in [0.15, 0.2) is 5.38 Å². The molecule has 1 heterocycles. The average Bonchev–Trinajstić information content (AvgIpc) is 2.94. The molecule has 0 aromatic carbocycles. The summed E-state index contributed by atoms with van der Waals surface area (Å²) in [6, 6.07) is 0. The minimum absolute atomic E-state index is 0.0432. The van der Waals surface area contributed by atoms with Crippen molar-refractivity contribution >= 4 is 23.2 Å². The van der Waals surface area contributed by atoms with Crippen molar-refractivity contribution < 1.29 is 27.9 Å². The lowest BCUT2D eigenvalue weighted by atomic mass is 9.81. The molecule has 22 heavy (non-hydrogen) atoms. The first-order valence-corrected chi connectivity index (χ1v) is 7.67. The van der Waals surface area contributed by atoms with Crippen molar-refractivity contribution in [1.82, 2.24) is 10.3 Å². The highest BCUT2D eigenvalue weighted by atomic mass is 32.1. The van der Waals surface area contributed by atoms with Gasteiger partial charge in [0.1, 0.15) is 5.01 Å². The standard InChI is InChI=1S/C13H15F3N2O3S/c14-13(15,16)9-6-22-10(18-9)5-17-11(19)7-1-3-8(4-2-7)12(20)21/h6-8H,1-5H2,(H,17,19)(H,20,21). The molecule has 9 heteroatoms. The van der Waals surface area contributed by atoms with Gasteiger partial charge in [-0.25, -0.2) is 4.98 Å². The normalized spacial score (nSPS) is 22.3. The Hall–Kier alpha value is -1.64. The van der Waals surface area contributed by atoms with Gasteiger partial charge in [0.15, 0.2) is 5.69 Å². The SMILES string of the molecule is O=C(O)C1CCC(C(=O)NCc2nc(C(F)(F)F)cs2)CC1. The van der Waals surface area contributed by atoms with Crippen molar-refractivity contribution in [3.63, 3.8) is 0 Å². The fraction of sp³-hybridized carbons (Fsp3) is 0.615. The first-order valence-electron chi connectivity index (χ1n) is 6.79. The number of carbonyl (C=O) groups is 2. The van der Waals surface area contributed by atoms with Crippen LogP contribution in [0.3, 0.4) is 0 Å². The van der Waals surface area contributed by atoms with Gasteiger partial charge in [0.2, 0.25) is 5.91 Å². The van der Waals surface area contributed by atoms with E-state index < -0.39 is 23.8 Å². The number of halogens is 3. The van der Waals surface area contributed by atoms with Gasteiger partial charge in [-0.3, -0.25) is 9.59 Å². The lowest BCUT2D eigenvalue weighted by molar-refractivity contribution is -0.144. The van der Waals surface area contributed by atoms with Crippen LogP contribution in [0.5, 0.6) is 0 Å². The number of alkyl halides is 3. The quantitative estimate of drug-likeness (QED) is 0.886. The Balaban J connectivity index is 1.81. The first kappa shape index (κ1) is 16.7. The van der Waals surface area contributed by atoms with Crippen LogP contribution < -0.4 is 5.32 Å². The third-order valence-electron chi connectivity index (χ3n) is 3.70. The van der Waals surface area contributed by atoms with Crippen molar-refractivity contribution in [3.05, 3.63) is 16.1 Å². The number of amides is 1. The first-order chi connectivity index (χ1) is 10.3. The fourth-order valence-electron chi connectivity index (χ4n) is 2.43. The van der Waals surface area contributed by atoms with Crippen molar-refractivity contribution in [2.24, 2.45) is 11.8 Å². The number of aromatic nitrogens is 1. The highest BCUT2D eigenvalue weighted by Crippen LogP contribution is 2.31. The lowest BCUT2D eigenvalue weighted by Crippen LogP contribution is -2.34. The fourth-order valence-corrected chi connectivity index (χ4v) is 3.17. The van der Waals surface area contributed by atoms with Gasteiger partial charge in [-0.1, -0.05) is 0 Å². The number of hydrogen-bond donors (Lipinski definition) is 2. The van der Waals surface area contributed by atoms with Gasteiger partial charge in [0, 0.05) is 11.3 Å². The van der Waals surface area contributed by atoms with Gasteiger partial charge in [-0.2, -0.15) is 13.2 Å². The van der Waals surface area contributed by atoms with Crippen LogP contribution in [0, 0.1) is 11.8 Å². The van der Waals surface area contributed by atoms with Crippen LogP contribution in [0.2, 0.25) is 0 Å². The monoisotopic (exact) mass is 336 g/mol. The Morgan fingerprint density at radius 1 is 1.27 bits per heavy atom. The highest BCUT2D eigenvalue weighted by Gasteiger charge is 2.34. The second kappa shape index (κ2) is 6.64. The van der Waals surface area contributed by atoms with Crippen LogP contribution in [-0.4, -0.2) is 22.0 Å². The van der Waals surface area contributed by atoms with E-state index in [0.717, 1.165) is 16.7 Å². The second-order valence-corrected chi connectivity index (χ2v) is 6.17. The van der Waals surface area contributed by atoms with Crippen LogP contribution in [0.1, 0.15) is 36.4 Å². The molecule has 0 radical (unpaired) electrons. The molecule has 0 spiro atoms. The van der Waals surface area contributed by atoms with Gasteiger partial charge < -0.3 is 10.4 Å². The molecule has 0 aliphatic heterocycles. The van der Waals surface area contributed by atoms with Crippen LogP contribution in [-0.2, 0) is 22.3 Å². The largest absolute Gasteiger partial charge is 0.481 e. The number of nitrogens with one attached hydrogen (secondary N) is 1. The van der Waals surface area contributed by atoms with Gasteiger partial charge in [-0.05, 0) is 25.7 Å². The molecule has 1 aromatic rings. The van der Waals surface area contributed by atoms with Gasteiger partial charge in [-0.15, -0.1) is 11.3 Å². The van der Waals surface area contributed by atoms with E-state index in [1.165, 1.54) is 0 Å². The van der Waals surface area contributed by atoms with Crippen LogP contribution in [0.4, 0.5) is 13.2 Å². The van der Waals surface area contributed by atoms with Gasteiger partial charge in [0.25, 0.3) is 0 Å². The summed E-state index contributed by atoms with van der Waals surface area (Å²) in [6.07, 6.45) is -2.62. The van der Waals surface area contributed by atoms with E-state index in [-0.39, 0.29) is 23.4 Å². The third kappa shape index (κ3) is 4.19. The molecule has 1 amide bonds. The Labute approximate surface area is 128 Å². The molecule has 0 bridgehead atoms. The van der Waals surface area contributed by atoms with Gasteiger partial charge >= 0.3 is 12.1 Å². The molecule has 1 aliphatic rings. The summed E-state index contributed by atoms with van der Waals surface area (Å²) in [4.78, 5) is 26.2. The number of aliphatic carboxylic acids is 1. The van der Waals surface area contributed by atoms with Crippen molar-refractivity contribution in [1.29, 1.82) is 0 Å². The molecule has 1 saturated carbocycles. The van der Waals surface area contributed by atoms with Crippen molar-refractivity contribution in [2.45, 2.75) is 38.4 Å². The van der Waals surface area contributed by atoms with E-state index in [1.807, 2.05) is 0 Å². The Kier molecular flexibility index (Phi) is 5.05. The number of nitrogens with zero attached hydrogens (tertiary/aromatic N) is 1. The summed E-state index contributed by atoms with van der Waals surface area (Å²) < 4.78 is 37.2. The molecule has 0 saturated heterocycles. The number of hydrogen-bond acceptors (Lipinski definition) is 4. The number of carbonyl (C=O) groups excluding carboxylic acids is 1. The number of thiazole rings is 1. The molecule has 122 valence electrons. The van der Waals surface area contributed by atoms with Crippen LogP contribution in [0.25, 0.3) is 0 Å². The Morgan fingerprint density at radius 3 is 2.36 bits per heavy atom. The third-order valence-corrected chi connectivity index (χ3v) is 4.55. The summed E-state index contributed by atoms with van der Waals surface area (Å²) in [5, 5.41) is 12.6. The summed E-state index contributed by atoms with van der Waals surface area (Å²) in [6.45, 7) is -0.0432. The predicted molar refractivity (Wildman–Crippen MR) is 72.0 cm³/mol. The zero-order valence-corrected chi connectivity index (χ0v) is 12.3. The minimum atomic E-state index is -4.48. The Bertz CT molecular complexity index is 551. The average molecular weight is 336 g/mol. The van der Waals surface area contributed by atoms with Gasteiger partial charge in [0.05, 0.1) is 12.5 Å². The molecule has 2 rings (SSSR count). The van der Waals surface area contributed by atoms with E-state index in [2.05, 4.69) is 10.3 Å². The van der Waals surface area contributed by atoms with Crippen LogP contribution >= 0.6 is 11.3 Å². The predicted octanol–water partition coefficient (Wildman–Crippen LogP) is 2.67. The molecule has 5 nitrogen and oxygen atoms in total. The van der Waals surface area contributed by atoms with Crippen molar-refractivity contribution in [2.75, 3.05) is 0 Å². The molecule has 1 aliphatic carbocycles. The second-order valence-electron chi connectivity index (χ2n) is 5.23. The van der Waals surface area contributed by atoms with Crippen molar-refractivity contribution in [3.8, 4) is 0 Å². The number of carboxylic acids is 1. The van der Waals surface area contributed by atoms with E-state index >= 15 is 0 Å². The summed E-state index contributed by atoms with van der Waals surface area (Å²) in [7, 11) is 0. The molecule has 0 unspecified atom stereocenters. The minimum Gasteiger partial charge on any atom is -0.481 e. The summed E-state index contributed by atoms with van der Waals surface area (Å²) in [5.74, 6) is -1.79. The number of rotatable bonds is 4. The highest BCUT2D eigenvalue weighted by molar-refractivity contribution is 7.09. The smallest absolute Gasteiger partial charge is 0.434 e. The van der Waals surface area contributed by atoms with E-state index in [9.17, 15) is 22.8 Å². The summed E-state index contributed by atoms with van der Waals surface area (Å²) >= 11 is 0.846. The van der Waals surface area contributed by atoms with E-state index in [4.69, 9.17) is 5.11 Å². The molecule has 0 atom stereocenters. The topological polar surface area (TPSA) is 79.3 Å². The maximum atomic E-state index is 12.4. The number of carboxylic acid groups (broad SMARTS) is 1. The van der Waals surface area contributed by atoms with E-state index in [0.29, 0.717) is 25.7 Å². The molecule has 2 N–H and O–H groups in total. The summed E-state index contributed by atoms with van der Waals surface area (Å²) in [5.41, 5.74) is -0.955. The van der Waals surface area contributed by atoms with E-state index in [1.54, 1.807) is 0 Å². The zero-order chi connectivity index (χ0) is 16.3. The zero-order valence-electron chi connectivity index (χ0n) is 11.5. The molecule has 1 fully saturated rings. The maximum absolute atomic E-state index is 12.4. The molecule has 1 aromatic heterocycles. The Morgan fingerprint density at radius 2 is 1.86 bits per heavy atom.